The first-order chi connectivity index (χ1) is 19.8. The Kier molecular flexibility index (Phi) is 21.5. The molecule has 1 aliphatic carbocycles. The summed E-state index contributed by atoms with van der Waals surface area (Å²) in [7, 11) is 3.54. The fraction of sp³-hybridized carbons (Fsp3) is 0.594. The highest BCUT2D eigenvalue weighted by atomic mass is 16.5. The second-order valence-corrected chi connectivity index (χ2v) is 9.33. The summed E-state index contributed by atoms with van der Waals surface area (Å²) >= 11 is 0. The molecule has 0 unspecified atom stereocenters. The van der Waals surface area contributed by atoms with E-state index in [9.17, 15) is 4.79 Å². The Balaban J connectivity index is 0.00000121. The van der Waals surface area contributed by atoms with Gasteiger partial charge < -0.3 is 25.3 Å². The molecule has 2 rings (SSSR count). The number of methoxy groups -OCH3 is 1. The van der Waals surface area contributed by atoms with E-state index >= 15 is 0 Å². The predicted octanol–water partition coefficient (Wildman–Crippen LogP) is 7.53. The highest BCUT2D eigenvalue weighted by Crippen LogP contribution is 2.23. The fourth-order valence-electron chi connectivity index (χ4n) is 4.22. The molecule has 0 atom stereocenters. The number of rotatable bonds is 14. The average molecular weight is 574 g/mol. The molecule has 1 saturated carbocycles. The van der Waals surface area contributed by atoms with Gasteiger partial charge in [0, 0.05) is 12.7 Å². The summed E-state index contributed by atoms with van der Waals surface area (Å²) in [5, 5.41) is 11.9. The van der Waals surface area contributed by atoms with Gasteiger partial charge in [0.05, 0.1) is 37.7 Å². The lowest BCUT2D eigenvalue weighted by atomic mass is 9.90. The number of carboxylic acid groups (broad SMARTS) is 1. The van der Waals surface area contributed by atoms with Crippen LogP contribution in [0.25, 0.3) is 0 Å². The van der Waals surface area contributed by atoms with Gasteiger partial charge in [0.25, 0.3) is 0 Å². The molecule has 1 fully saturated rings. The minimum absolute atomic E-state index is 0.0289. The van der Waals surface area contributed by atoms with E-state index in [1.54, 1.807) is 19.5 Å². The van der Waals surface area contributed by atoms with Crippen molar-refractivity contribution in [2.75, 3.05) is 26.1 Å². The van der Waals surface area contributed by atoms with Crippen molar-refractivity contribution in [1.29, 1.82) is 0 Å². The number of aliphatic carboxylic acids is 1. The Morgan fingerprint density at radius 3 is 2.27 bits per heavy atom. The van der Waals surface area contributed by atoms with Crippen LogP contribution in [0.1, 0.15) is 99.8 Å². The zero-order chi connectivity index (χ0) is 31.0. The van der Waals surface area contributed by atoms with Crippen LogP contribution in [0.2, 0.25) is 0 Å². The highest BCUT2D eigenvalue weighted by molar-refractivity contribution is 5.69. The molecule has 1 aliphatic rings. The highest BCUT2D eigenvalue weighted by Gasteiger charge is 2.19. The Labute approximate surface area is 248 Å². The van der Waals surface area contributed by atoms with Gasteiger partial charge >= 0.3 is 5.97 Å². The normalized spacial score (nSPS) is 14.9. The van der Waals surface area contributed by atoms with Gasteiger partial charge in [0.15, 0.2) is 5.82 Å². The number of anilines is 1. The first kappa shape index (κ1) is 37.7. The smallest absolute Gasteiger partial charge is 0.306 e. The zero-order valence-electron chi connectivity index (χ0n) is 26.9. The topological polar surface area (TPSA) is 118 Å². The number of hydrazine groups is 1. The maximum Gasteiger partial charge on any atom is 0.306 e. The summed E-state index contributed by atoms with van der Waals surface area (Å²) in [4.78, 5) is 19.1. The van der Waals surface area contributed by atoms with E-state index < -0.39 is 5.97 Å². The van der Waals surface area contributed by atoms with Crippen LogP contribution in [0.4, 0.5) is 5.82 Å². The summed E-state index contributed by atoms with van der Waals surface area (Å²) < 4.78 is 11.0. The van der Waals surface area contributed by atoms with E-state index in [2.05, 4.69) is 59.9 Å². The number of hydrogen-bond donors (Lipinski definition) is 4. The number of nitrogens with one attached hydrogen (secondary N) is 3. The van der Waals surface area contributed by atoms with Crippen molar-refractivity contribution >= 4 is 11.8 Å². The summed E-state index contributed by atoms with van der Waals surface area (Å²) in [5.41, 5.74) is 10.4. The number of ether oxygens (including phenoxy) is 2. The van der Waals surface area contributed by atoms with Crippen LogP contribution < -0.4 is 20.9 Å². The third-order valence-corrected chi connectivity index (χ3v) is 6.19. The molecule has 0 radical (unpaired) electrons. The third kappa shape index (κ3) is 15.3. The Morgan fingerprint density at radius 2 is 1.76 bits per heavy atom. The standard InChI is InChI=1S/C23H37N5O2.C7H12O2.C2H6/c1-8-11-17(4)20(29-7)14-13-18(5)23(28-24-6)19(12-9-2)26-21-15-25-16-22(27-21)30-10-3;8-7(9)6-4-2-1-3-5-6;1-2/h11,13-16,24,28H,8-10,12H2,1-7H3,(H,26,27);6H,1-5H2,(H,8,9);1-2H3/b17-11+,18-13+,20-14+,23-19+;;. The molecule has 0 bridgehead atoms. The zero-order valence-corrected chi connectivity index (χ0v) is 26.9. The van der Waals surface area contributed by atoms with E-state index in [0.717, 1.165) is 73.2 Å². The second kappa shape index (κ2) is 23.4. The van der Waals surface area contributed by atoms with Crippen molar-refractivity contribution in [2.45, 2.75) is 99.8 Å². The Morgan fingerprint density at radius 1 is 1.07 bits per heavy atom. The van der Waals surface area contributed by atoms with Crippen molar-refractivity contribution < 1.29 is 19.4 Å². The lowest BCUT2D eigenvalue weighted by molar-refractivity contribution is -0.142. The molecule has 0 saturated heterocycles. The van der Waals surface area contributed by atoms with Gasteiger partial charge in [-0.05, 0) is 63.7 Å². The first-order valence-corrected chi connectivity index (χ1v) is 15.0. The van der Waals surface area contributed by atoms with Crippen LogP contribution >= 0.6 is 0 Å². The number of hydrogen-bond acceptors (Lipinski definition) is 8. The number of aromatic nitrogens is 2. The third-order valence-electron chi connectivity index (χ3n) is 6.19. The van der Waals surface area contributed by atoms with E-state index in [1.807, 2.05) is 40.0 Å². The maximum absolute atomic E-state index is 10.4. The summed E-state index contributed by atoms with van der Waals surface area (Å²) in [6, 6.07) is 0. The Hall–Kier alpha value is -3.33. The van der Waals surface area contributed by atoms with Gasteiger partial charge in [-0.15, -0.1) is 0 Å². The summed E-state index contributed by atoms with van der Waals surface area (Å²) in [6.45, 7) is 14.8. The monoisotopic (exact) mass is 573 g/mol. The lowest BCUT2D eigenvalue weighted by Gasteiger charge is -2.18. The van der Waals surface area contributed by atoms with Crippen LogP contribution in [-0.4, -0.2) is 41.8 Å². The molecule has 0 aromatic carbocycles. The van der Waals surface area contributed by atoms with Gasteiger partial charge in [-0.1, -0.05) is 65.5 Å². The van der Waals surface area contributed by atoms with Crippen LogP contribution in [0.5, 0.6) is 5.88 Å². The Bertz CT molecular complexity index is 996. The molecule has 1 aromatic rings. The van der Waals surface area contributed by atoms with Crippen molar-refractivity contribution in [3.8, 4) is 5.88 Å². The molecular formula is C32H55N5O4. The van der Waals surface area contributed by atoms with Crippen molar-refractivity contribution in [2.24, 2.45) is 5.92 Å². The second-order valence-electron chi connectivity index (χ2n) is 9.33. The minimum atomic E-state index is -0.602. The minimum Gasteiger partial charge on any atom is -0.497 e. The molecule has 9 nitrogen and oxygen atoms in total. The molecule has 41 heavy (non-hydrogen) atoms. The SMILES string of the molecule is CC.CC/C=C(C)/C(=C\C=C(C)\C(NNC)=C(\CCC)Nc1cncc(OCC)n1)OC.O=C(O)C1CCCCC1. The summed E-state index contributed by atoms with van der Waals surface area (Å²) in [5.74, 6) is 1.36. The maximum atomic E-state index is 10.4. The molecule has 0 spiro atoms. The van der Waals surface area contributed by atoms with Gasteiger partial charge in [-0.3, -0.25) is 9.78 Å². The van der Waals surface area contributed by atoms with Crippen molar-refractivity contribution in [3.05, 3.63) is 58.9 Å². The van der Waals surface area contributed by atoms with Gasteiger partial charge in [0.1, 0.15) is 5.76 Å². The van der Waals surface area contributed by atoms with E-state index in [-0.39, 0.29) is 5.92 Å². The molecule has 0 aliphatic heterocycles. The molecular weight excluding hydrogens is 518 g/mol. The van der Waals surface area contributed by atoms with Gasteiger partial charge in [0.2, 0.25) is 5.88 Å². The number of carboxylic acids is 1. The van der Waals surface area contributed by atoms with Gasteiger partial charge in [-0.2, -0.15) is 4.98 Å². The predicted molar refractivity (Wildman–Crippen MR) is 169 cm³/mol. The largest absolute Gasteiger partial charge is 0.497 e. The lowest BCUT2D eigenvalue weighted by Crippen LogP contribution is -2.30. The van der Waals surface area contributed by atoms with Gasteiger partial charge in [-0.25, -0.2) is 5.43 Å². The van der Waals surface area contributed by atoms with Crippen LogP contribution in [-0.2, 0) is 9.53 Å². The average Bonchev–Trinajstić information content (AvgIpc) is 2.98. The fourth-order valence-corrected chi connectivity index (χ4v) is 4.22. The summed E-state index contributed by atoms with van der Waals surface area (Å²) in [6.07, 6.45) is 17.5. The molecule has 0 amide bonds. The molecule has 232 valence electrons. The number of carbonyl (C=O) groups is 1. The van der Waals surface area contributed by atoms with Crippen molar-refractivity contribution in [3.63, 3.8) is 0 Å². The van der Waals surface area contributed by atoms with Crippen LogP contribution in [0, 0.1) is 5.92 Å². The van der Waals surface area contributed by atoms with Crippen LogP contribution in [0.15, 0.2) is 58.9 Å². The molecule has 9 heteroatoms. The number of allylic oxidation sites excluding steroid dienone is 6. The first-order valence-electron chi connectivity index (χ1n) is 15.0. The molecule has 1 aromatic heterocycles. The van der Waals surface area contributed by atoms with E-state index in [4.69, 9.17) is 14.6 Å². The number of nitrogens with zero attached hydrogens (tertiary/aromatic N) is 2. The molecule has 1 heterocycles. The van der Waals surface area contributed by atoms with E-state index in [1.165, 1.54) is 6.42 Å². The van der Waals surface area contributed by atoms with Crippen LogP contribution in [0.3, 0.4) is 0 Å². The van der Waals surface area contributed by atoms with Crippen molar-refractivity contribution in [1.82, 2.24) is 20.8 Å². The quantitative estimate of drug-likeness (QED) is 0.102. The van der Waals surface area contributed by atoms with E-state index in [0.29, 0.717) is 18.3 Å². The molecule has 4 N–H and O–H groups in total.